The molecule has 1 aromatic heterocycles. The van der Waals surface area contributed by atoms with Gasteiger partial charge in [0.25, 0.3) is 0 Å². The van der Waals surface area contributed by atoms with Crippen LogP contribution in [0.5, 0.6) is 0 Å². The highest BCUT2D eigenvalue weighted by molar-refractivity contribution is 5.24. The Hall–Kier alpha value is -0.830. The molecule has 1 aliphatic carbocycles. The largest absolute Gasteiger partial charge is 0.310 e. The van der Waals surface area contributed by atoms with Gasteiger partial charge in [-0.2, -0.15) is 5.10 Å². The lowest BCUT2D eigenvalue weighted by Crippen LogP contribution is -2.28. The van der Waals surface area contributed by atoms with E-state index < -0.39 is 0 Å². The van der Waals surface area contributed by atoms with Gasteiger partial charge in [0.15, 0.2) is 0 Å². The molecule has 1 aliphatic rings. The summed E-state index contributed by atoms with van der Waals surface area (Å²) in [5, 5.41) is 8.19. The third kappa shape index (κ3) is 3.09. The summed E-state index contributed by atoms with van der Waals surface area (Å²) in [6.07, 6.45) is 8.31. The highest BCUT2D eigenvalue weighted by atomic mass is 15.3. The standard InChI is InChI=1S/C14H25N3/c1-11-14(12(2)17(3)16-11)10-15-13-8-6-4-5-7-9-13/h13,15H,4-10H2,1-3H3. The van der Waals surface area contributed by atoms with Crippen LogP contribution >= 0.6 is 0 Å². The van der Waals surface area contributed by atoms with Crippen molar-refractivity contribution in [2.75, 3.05) is 0 Å². The summed E-state index contributed by atoms with van der Waals surface area (Å²) in [6, 6.07) is 0.719. The molecule has 0 radical (unpaired) electrons. The van der Waals surface area contributed by atoms with Gasteiger partial charge in [-0.15, -0.1) is 0 Å². The van der Waals surface area contributed by atoms with Crippen LogP contribution in [0.4, 0.5) is 0 Å². The summed E-state index contributed by atoms with van der Waals surface area (Å²) < 4.78 is 1.99. The number of nitrogens with zero attached hydrogens (tertiary/aromatic N) is 2. The van der Waals surface area contributed by atoms with Crippen molar-refractivity contribution in [3.05, 3.63) is 17.0 Å². The van der Waals surface area contributed by atoms with E-state index in [2.05, 4.69) is 24.3 Å². The van der Waals surface area contributed by atoms with Gasteiger partial charge in [0.2, 0.25) is 0 Å². The highest BCUT2D eigenvalue weighted by Gasteiger charge is 2.14. The molecule has 1 heterocycles. The molecule has 0 amide bonds. The van der Waals surface area contributed by atoms with E-state index in [4.69, 9.17) is 0 Å². The van der Waals surface area contributed by atoms with Gasteiger partial charge in [0.05, 0.1) is 5.69 Å². The first-order valence-electron chi connectivity index (χ1n) is 6.91. The van der Waals surface area contributed by atoms with Gasteiger partial charge >= 0.3 is 0 Å². The molecule has 0 aliphatic heterocycles. The quantitative estimate of drug-likeness (QED) is 0.816. The average Bonchev–Trinajstić information content (AvgIpc) is 2.53. The number of rotatable bonds is 3. The summed E-state index contributed by atoms with van der Waals surface area (Å²) >= 11 is 0. The molecule has 17 heavy (non-hydrogen) atoms. The van der Waals surface area contributed by atoms with E-state index >= 15 is 0 Å². The summed E-state index contributed by atoms with van der Waals surface area (Å²) in [4.78, 5) is 0. The molecule has 3 heteroatoms. The fourth-order valence-corrected chi connectivity index (χ4v) is 2.80. The minimum Gasteiger partial charge on any atom is -0.310 e. The van der Waals surface area contributed by atoms with Crippen LogP contribution in [0.3, 0.4) is 0 Å². The van der Waals surface area contributed by atoms with Crippen LogP contribution in [0.15, 0.2) is 0 Å². The smallest absolute Gasteiger partial charge is 0.0641 e. The van der Waals surface area contributed by atoms with Crippen molar-refractivity contribution in [1.82, 2.24) is 15.1 Å². The van der Waals surface area contributed by atoms with Crippen molar-refractivity contribution >= 4 is 0 Å². The molecule has 1 saturated carbocycles. The molecule has 2 rings (SSSR count). The predicted molar refractivity (Wildman–Crippen MR) is 71.0 cm³/mol. The Kier molecular flexibility index (Phi) is 4.21. The molecular formula is C14H25N3. The first kappa shape index (κ1) is 12.6. The lowest BCUT2D eigenvalue weighted by atomic mass is 10.1. The Bertz CT molecular complexity index is 360. The lowest BCUT2D eigenvalue weighted by molar-refractivity contribution is 0.458. The van der Waals surface area contributed by atoms with Crippen molar-refractivity contribution in [1.29, 1.82) is 0 Å². The van der Waals surface area contributed by atoms with Crippen molar-refractivity contribution in [3.8, 4) is 0 Å². The molecule has 3 nitrogen and oxygen atoms in total. The zero-order valence-corrected chi connectivity index (χ0v) is 11.4. The molecule has 0 bridgehead atoms. The van der Waals surface area contributed by atoms with Crippen LogP contribution in [0, 0.1) is 13.8 Å². The molecule has 1 aromatic rings. The van der Waals surface area contributed by atoms with Gasteiger partial charge in [-0.1, -0.05) is 25.7 Å². The zero-order valence-electron chi connectivity index (χ0n) is 11.4. The second-order valence-corrected chi connectivity index (χ2v) is 5.34. The summed E-state index contributed by atoms with van der Waals surface area (Å²) in [7, 11) is 2.03. The van der Waals surface area contributed by atoms with Gasteiger partial charge in [-0.05, 0) is 26.7 Å². The highest BCUT2D eigenvalue weighted by Crippen LogP contribution is 2.18. The third-order valence-corrected chi connectivity index (χ3v) is 4.08. The maximum absolute atomic E-state index is 4.47. The second-order valence-electron chi connectivity index (χ2n) is 5.34. The first-order valence-corrected chi connectivity index (χ1v) is 6.91. The van der Waals surface area contributed by atoms with Crippen LogP contribution in [0.1, 0.15) is 55.5 Å². The topological polar surface area (TPSA) is 29.9 Å². The molecule has 96 valence electrons. The first-order chi connectivity index (χ1) is 8.18. The number of nitrogens with one attached hydrogen (secondary N) is 1. The Labute approximate surface area is 105 Å². The van der Waals surface area contributed by atoms with Gasteiger partial charge in [0.1, 0.15) is 0 Å². The van der Waals surface area contributed by atoms with E-state index in [1.807, 2.05) is 11.7 Å². The molecule has 1 fully saturated rings. The molecule has 0 spiro atoms. The molecule has 0 unspecified atom stereocenters. The van der Waals surface area contributed by atoms with Crippen LogP contribution in [-0.4, -0.2) is 15.8 Å². The normalized spacial score (nSPS) is 18.3. The van der Waals surface area contributed by atoms with Gasteiger partial charge in [-0.3, -0.25) is 4.68 Å². The van der Waals surface area contributed by atoms with Crippen LogP contribution in [0.25, 0.3) is 0 Å². The summed E-state index contributed by atoms with van der Waals surface area (Å²) in [5.41, 5.74) is 3.85. The Balaban J connectivity index is 1.92. The predicted octanol–water partition coefficient (Wildman–Crippen LogP) is 2.85. The molecular weight excluding hydrogens is 210 g/mol. The van der Waals surface area contributed by atoms with E-state index in [0.29, 0.717) is 0 Å². The van der Waals surface area contributed by atoms with Crippen LogP contribution in [-0.2, 0) is 13.6 Å². The third-order valence-electron chi connectivity index (χ3n) is 4.08. The SMILES string of the molecule is Cc1nn(C)c(C)c1CNC1CCCCCC1. The van der Waals surface area contributed by atoms with Gasteiger partial charge in [-0.25, -0.2) is 0 Å². The minimum atomic E-state index is 0.719. The maximum atomic E-state index is 4.47. The monoisotopic (exact) mass is 235 g/mol. The fourth-order valence-electron chi connectivity index (χ4n) is 2.80. The molecule has 0 saturated heterocycles. The van der Waals surface area contributed by atoms with Crippen LogP contribution < -0.4 is 5.32 Å². The molecule has 1 N–H and O–H groups in total. The van der Waals surface area contributed by atoms with Gasteiger partial charge < -0.3 is 5.32 Å². The average molecular weight is 235 g/mol. The maximum Gasteiger partial charge on any atom is 0.0641 e. The number of aryl methyl sites for hydroxylation is 2. The van der Waals surface area contributed by atoms with E-state index in [9.17, 15) is 0 Å². The number of aromatic nitrogens is 2. The number of hydrogen-bond acceptors (Lipinski definition) is 2. The minimum absolute atomic E-state index is 0.719. The molecule has 0 atom stereocenters. The Morgan fingerprint density at radius 1 is 1.18 bits per heavy atom. The van der Waals surface area contributed by atoms with Crippen molar-refractivity contribution in [2.24, 2.45) is 7.05 Å². The summed E-state index contributed by atoms with van der Waals surface area (Å²) in [5.74, 6) is 0. The Morgan fingerprint density at radius 3 is 2.35 bits per heavy atom. The lowest BCUT2D eigenvalue weighted by Gasteiger charge is -2.16. The van der Waals surface area contributed by atoms with E-state index in [-0.39, 0.29) is 0 Å². The fraction of sp³-hybridized carbons (Fsp3) is 0.786. The van der Waals surface area contributed by atoms with Crippen molar-refractivity contribution in [3.63, 3.8) is 0 Å². The molecule has 0 aromatic carbocycles. The van der Waals surface area contributed by atoms with Crippen molar-refractivity contribution in [2.45, 2.75) is 65.0 Å². The van der Waals surface area contributed by atoms with E-state index in [0.717, 1.165) is 12.6 Å². The van der Waals surface area contributed by atoms with Crippen LogP contribution in [0.2, 0.25) is 0 Å². The van der Waals surface area contributed by atoms with E-state index in [1.54, 1.807) is 0 Å². The van der Waals surface area contributed by atoms with Crippen molar-refractivity contribution < 1.29 is 0 Å². The second kappa shape index (κ2) is 5.67. The Morgan fingerprint density at radius 2 is 1.82 bits per heavy atom. The van der Waals surface area contributed by atoms with Gasteiger partial charge in [0, 0.05) is 30.9 Å². The van der Waals surface area contributed by atoms with E-state index in [1.165, 1.54) is 55.5 Å². The zero-order chi connectivity index (χ0) is 12.3. The summed E-state index contributed by atoms with van der Waals surface area (Å²) in [6.45, 7) is 5.25. The number of hydrogen-bond donors (Lipinski definition) is 1.